The van der Waals surface area contributed by atoms with Gasteiger partial charge in [0.15, 0.2) is 0 Å². The van der Waals surface area contributed by atoms with Gasteiger partial charge < -0.3 is 5.32 Å². The molecule has 1 fully saturated rings. The van der Waals surface area contributed by atoms with Crippen molar-refractivity contribution in [2.75, 3.05) is 19.6 Å². The molecule has 1 aliphatic heterocycles. The highest BCUT2D eigenvalue weighted by atomic mass is 32.2. The molecule has 0 bridgehead atoms. The summed E-state index contributed by atoms with van der Waals surface area (Å²) in [5.74, 6) is 0. The summed E-state index contributed by atoms with van der Waals surface area (Å²) < 4.78 is 27.3. The van der Waals surface area contributed by atoms with Gasteiger partial charge in [-0.2, -0.15) is 9.57 Å². The van der Waals surface area contributed by atoms with Crippen molar-refractivity contribution in [2.45, 2.75) is 37.1 Å². The van der Waals surface area contributed by atoms with Gasteiger partial charge in [0.2, 0.25) is 10.0 Å². The van der Waals surface area contributed by atoms with E-state index in [9.17, 15) is 8.42 Å². The summed E-state index contributed by atoms with van der Waals surface area (Å²) in [5, 5.41) is 12.1. The predicted molar refractivity (Wildman–Crippen MR) is 81.2 cm³/mol. The monoisotopic (exact) mass is 307 g/mol. The third-order valence-electron chi connectivity index (χ3n) is 3.75. The van der Waals surface area contributed by atoms with Gasteiger partial charge >= 0.3 is 0 Å². The van der Waals surface area contributed by atoms with Crippen LogP contribution in [-0.4, -0.2) is 38.4 Å². The smallest absolute Gasteiger partial charge is 0.243 e. The lowest BCUT2D eigenvalue weighted by Gasteiger charge is -2.33. The summed E-state index contributed by atoms with van der Waals surface area (Å²) in [6, 6.07) is 8.23. The second-order valence-corrected chi connectivity index (χ2v) is 7.12. The summed E-state index contributed by atoms with van der Waals surface area (Å²) in [6.45, 7) is 4.23. The molecule has 1 N–H and O–H groups in total. The number of nitriles is 1. The minimum Gasteiger partial charge on any atom is -0.317 e. The minimum atomic E-state index is -3.49. The van der Waals surface area contributed by atoms with Gasteiger partial charge in [0.1, 0.15) is 0 Å². The summed E-state index contributed by atoms with van der Waals surface area (Å²) in [5.41, 5.74) is 0.470. The maximum absolute atomic E-state index is 12.8. The van der Waals surface area contributed by atoms with Crippen molar-refractivity contribution in [1.29, 1.82) is 5.26 Å². The first kappa shape index (κ1) is 16.0. The van der Waals surface area contributed by atoms with E-state index in [0.29, 0.717) is 12.1 Å². The van der Waals surface area contributed by atoms with Gasteiger partial charge in [-0.3, -0.25) is 0 Å². The molecular weight excluding hydrogens is 286 g/mol. The van der Waals surface area contributed by atoms with Crippen molar-refractivity contribution in [3.8, 4) is 6.07 Å². The lowest BCUT2D eigenvalue weighted by Crippen LogP contribution is -2.46. The first-order valence-electron chi connectivity index (χ1n) is 7.32. The van der Waals surface area contributed by atoms with E-state index in [-0.39, 0.29) is 10.9 Å². The zero-order valence-corrected chi connectivity index (χ0v) is 13.1. The molecule has 1 aliphatic rings. The number of hydrogen-bond donors (Lipinski definition) is 1. The van der Waals surface area contributed by atoms with Crippen LogP contribution in [0.5, 0.6) is 0 Å². The molecule has 114 valence electrons. The SMILES string of the molecule is CCCN(C1CCNCC1)S(=O)(=O)c1ccc(C#N)cc1. The fourth-order valence-electron chi connectivity index (χ4n) is 2.65. The van der Waals surface area contributed by atoms with Gasteiger partial charge in [-0.1, -0.05) is 6.92 Å². The summed E-state index contributed by atoms with van der Waals surface area (Å²) in [6.07, 6.45) is 2.48. The van der Waals surface area contributed by atoms with Gasteiger partial charge in [0, 0.05) is 12.6 Å². The highest BCUT2D eigenvalue weighted by Crippen LogP contribution is 2.23. The van der Waals surface area contributed by atoms with Crippen LogP contribution < -0.4 is 5.32 Å². The third-order valence-corrected chi connectivity index (χ3v) is 5.72. The quantitative estimate of drug-likeness (QED) is 0.899. The van der Waals surface area contributed by atoms with Crippen molar-refractivity contribution in [3.63, 3.8) is 0 Å². The molecule has 0 saturated carbocycles. The van der Waals surface area contributed by atoms with Gasteiger partial charge in [-0.15, -0.1) is 0 Å². The van der Waals surface area contributed by atoms with Crippen molar-refractivity contribution >= 4 is 10.0 Å². The lowest BCUT2D eigenvalue weighted by atomic mass is 10.1. The number of nitrogens with zero attached hydrogens (tertiary/aromatic N) is 2. The van der Waals surface area contributed by atoms with E-state index in [1.54, 1.807) is 16.4 Å². The molecule has 0 unspecified atom stereocenters. The van der Waals surface area contributed by atoms with Crippen LogP contribution in [-0.2, 0) is 10.0 Å². The molecule has 0 spiro atoms. The van der Waals surface area contributed by atoms with E-state index >= 15 is 0 Å². The van der Waals surface area contributed by atoms with Crippen molar-refractivity contribution in [3.05, 3.63) is 29.8 Å². The number of sulfonamides is 1. The molecule has 1 aromatic rings. The van der Waals surface area contributed by atoms with Crippen LogP contribution in [0.1, 0.15) is 31.7 Å². The van der Waals surface area contributed by atoms with Crippen molar-refractivity contribution in [2.24, 2.45) is 0 Å². The largest absolute Gasteiger partial charge is 0.317 e. The Labute approximate surface area is 126 Å². The van der Waals surface area contributed by atoms with Crippen molar-refractivity contribution in [1.82, 2.24) is 9.62 Å². The van der Waals surface area contributed by atoms with Gasteiger partial charge in [0.25, 0.3) is 0 Å². The predicted octanol–water partition coefficient (Wildman–Crippen LogP) is 1.71. The molecule has 6 heteroatoms. The van der Waals surface area contributed by atoms with Crippen LogP contribution in [0.25, 0.3) is 0 Å². The molecular formula is C15H21N3O2S. The van der Waals surface area contributed by atoms with E-state index < -0.39 is 10.0 Å². The summed E-state index contributed by atoms with van der Waals surface area (Å²) >= 11 is 0. The number of benzene rings is 1. The molecule has 0 radical (unpaired) electrons. The Hall–Kier alpha value is -1.42. The summed E-state index contributed by atoms with van der Waals surface area (Å²) in [4.78, 5) is 0.272. The minimum absolute atomic E-state index is 0.0619. The molecule has 0 atom stereocenters. The highest BCUT2D eigenvalue weighted by molar-refractivity contribution is 7.89. The van der Waals surface area contributed by atoms with Gasteiger partial charge in [0.05, 0.1) is 16.5 Å². The number of nitrogens with one attached hydrogen (secondary N) is 1. The van der Waals surface area contributed by atoms with Gasteiger partial charge in [-0.25, -0.2) is 8.42 Å². The maximum atomic E-state index is 12.8. The van der Waals surface area contributed by atoms with Crippen LogP contribution in [0.15, 0.2) is 29.2 Å². The summed E-state index contributed by atoms with van der Waals surface area (Å²) in [7, 11) is -3.49. The molecule has 1 heterocycles. The van der Waals surface area contributed by atoms with E-state index in [4.69, 9.17) is 5.26 Å². The number of rotatable bonds is 5. The van der Waals surface area contributed by atoms with E-state index in [2.05, 4.69) is 5.32 Å². The number of piperidine rings is 1. The Morgan fingerprint density at radius 1 is 1.29 bits per heavy atom. The van der Waals surface area contributed by atoms with E-state index in [0.717, 1.165) is 32.4 Å². The third kappa shape index (κ3) is 3.62. The molecule has 0 amide bonds. The molecule has 2 rings (SSSR count). The van der Waals surface area contributed by atoms with Crippen LogP contribution in [0.2, 0.25) is 0 Å². The Kier molecular flexibility index (Phi) is 5.34. The second-order valence-electron chi connectivity index (χ2n) is 5.23. The average molecular weight is 307 g/mol. The number of hydrogen-bond acceptors (Lipinski definition) is 4. The molecule has 1 saturated heterocycles. The molecule has 5 nitrogen and oxygen atoms in total. The normalized spacial score (nSPS) is 16.8. The zero-order chi connectivity index (χ0) is 15.3. The highest BCUT2D eigenvalue weighted by Gasteiger charge is 2.31. The molecule has 0 aliphatic carbocycles. The van der Waals surface area contributed by atoms with Crippen LogP contribution in [0.3, 0.4) is 0 Å². The fraction of sp³-hybridized carbons (Fsp3) is 0.533. The lowest BCUT2D eigenvalue weighted by molar-refractivity contribution is 0.262. The molecule has 0 aromatic heterocycles. The second kappa shape index (κ2) is 7.03. The van der Waals surface area contributed by atoms with E-state index in [1.165, 1.54) is 12.1 Å². The van der Waals surface area contributed by atoms with Crippen LogP contribution in [0, 0.1) is 11.3 Å². The van der Waals surface area contributed by atoms with Crippen LogP contribution >= 0.6 is 0 Å². The average Bonchev–Trinajstić information content (AvgIpc) is 2.53. The maximum Gasteiger partial charge on any atom is 0.243 e. The van der Waals surface area contributed by atoms with E-state index in [1.807, 2.05) is 13.0 Å². The Morgan fingerprint density at radius 2 is 1.90 bits per heavy atom. The topological polar surface area (TPSA) is 73.2 Å². The van der Waals surface area contributed by atoms with Crippen molar-refractivity contribution < 1.29 is 8.42 Å². The first-order valence-corrected chi connectivity index (χ1v) is 8.76. The standard InChI is InChI=1S/C15H21N3O2S/c1-2-11-18(14-7-9-17-10-8-14)21(19,20)15-5-3-13(12-16)4-6-15/h3-6,14,17H,2,7-11H2,1H3. The Bertz CT molecular complexity index is 599. The Morgan fingerprint density at radius 3 is 2.43 bits per heavy atom. The van der Waals surface area contributed by atoms with Gasteiger partial charge in [-0.05, 0) is 56.6 Å². The fourth-order valence-corrected chi connectivity index (χ4v) is 4.43. The zero-order valence-electron chi connectivity index (χ0n) is 12.2. The first-order chi connectivity index (χ1) is 10.1. The molecule has 21 heavy (non-hydrogen) atoms. The Balaban J connectivity index is 2.29. The molecule has 1 aromatic carbocycles. The van der Waals surface area contributed by atoms with Crippen LogP contribution in [0.4, 0.5) is 0 Å².